The van der Waals surface area contributed by atoms with Crippen molar-refractivity contribution in [3.63, 3.8) is 0 Å². The van der Waals surface area contributed by atoms with Crippen molar-refractivity contribution in [2.45, 2.75) is 13.3 Å². The second kappa shape index (κ2) is 2.26. The number of hydrogen-bond donors (Lipinski definition) is 0. The fraction of sp³-hybridized carbons (Fsp3) is 0.500. The van der Waals surface area contributed by atoms with Gasteiger partial charge in [-0.25, -0.2) is 0 Å². The monoisotopic (exact) mass is 132 g/mol. The first-order chi connectivity index (χ1) is 4.88. The molecule has 0 aromatic rings. The fourth-order valence-corrected chi connectivity index (χ4v) is 1.83. The Morgan fingerprint density at radius 2 is 2.10 bits per heavy atom. The summed E-state index contributed by atoms with van der Waals surface area (Å²) in [6.07, 6.45) is 13.5. The molecule has 0 aromatic carbocycles. The molecule has 2 aliphatic rings. The van der Waals surface area contributed by atoms with Crippen LogP contribution in [-0.2, 0) is 0 Å². The highest BCUT2D eigenvalue weighted by Crippen LogP contribution is 2.39. The summed E-state index contributed by atoms with van der Waals surface area (Å²) in [5.41, 5.74) is 0. The number of rotatable bonds is 0. The van der Waals surface area contributed by atoms with E-state index >= 15 is 0 Å². The van der Waals surface area contributed by atoms with Crippen molar-refractivity contribution in [2.75, 3.05) is 0 Å². The Balaban J connectivity index is 2.19. The third kappa shape index (κ3) is 0.828. The largest absolute Gasteiger partial charge is 0.0806 e. The minimum atomic E-state index is 0.625. The Hall–Kier alpha value is -0.520. The maximum atomic E-state index is 3.47. The molecule has 1 fully saturated rings. The maximum Gasteiger partial charge on any atom is -0.00897 e. The highest BCUT2D eigenvalue weighted by Gasteiger charge is 2.30. The fourth-order valence-electron chi connectivity index (χ4n) is 1.83. The third-order valence-corrected chi connectivity index (χ3v) is 2.51. The lowest BCUT2D eigenvalue weighted by molar-refractivity contribution is 0.455. The summed E-state index contributed by atoms with van der Waals surface area (Å²) in [7, 11) is 0. The Labute approximate surface area is 62.6 Å². The van der Waals surface area contributed by atoms with Crippen molar-refractivity contribution >= 4 is 0 Å². The minimum absolute atomic E-state index is 0.625. The van der Waals surface area contributed by atoms with Crippen LogP contribution >= 0.6 is 0 Å². The van der Waals surface area contributed by atoms with Crippen molar-refractivity contribution in [1.29, 1.82) is 0 Å². The summed E-state index contributed by atoms with van der Waals surface area (Å²) in [4.78, 5) is 0. The summed E-state index contributed by atoms with van der Waals surface area (Å²) in [6.45, 7) is 2.31. The van der Waals surface area contributed by atoms with Crippen LogP contribution in [-0.4, -0.2) is 0 Å². The van der Waals surface area contributed by atoms with Gasteiger partial charge in [0.2, 0.25) is 0 Å². The molecule has 0 bridgehead atoms. The normalized spacial score (nSPS) is 43.9. The molecule has 0 aromatic heterocycles. The van der Waals surface area contributed by atoms with Gasteiger partial charge < -0.3 is 0 Å². The van der Waals surface area contributed by atoms with Crippen molar-refractivity contribution < 1.29 is 0 Å². The smallest absolute Gasteiger partial charge is 0.00897 e. The van der Waals surface area contributed by atoms with Gasteiger partial charge in [0.25, 0.3) is 0 Å². The van der Waals surface area contributed by atoms with Crippen molar-refractivity contribution in [1.82, 2.24) is 0 Å². The van der Waals surface area contributed by atoms with Crippen LogP contribution in [0.15, 0.2) is 24.3 Å². The molecule has 0 heteroatoms. The van der Waals surface area contributed by atoms with E-state index in [0.29, 0.717) is 5.92 Å². The van der Waals surface area contributed by atoms with Gasteiger partial charge in [0.1, 0.15) is 0 Å². The van der Waals surface area contributed by atoms with Crippen LogP contribution in [0.5, 0.6) is 0 Å². The molecule has 3 atom stereocenters. The van der Waals surface area contributed by atoms with E-state index in [4.69, 9.17) is 0 Å². The number of hydrogen-bond acceptors (Lipinski definition) is 0. The molecule has 0 amide bonds. The quantitative estimate of drug-likeness (QED) is 0.475. The molecule has 1 saturated carbocycles. The first kappa shape index (κ1) is 6.21. The average Bonchev–Trinajstić information content (AvgIpc) is 2.34. The van der Waals surface area contributed by atoms with Crippen LogP contribution in [0.25, 0.3) is 0 Å². The molecule has 2 radical (unpaired) electrons. The van der Waals surface area contributed by atoms with E-state index in [-0.39, 0.29) is 0 Å². The summed E-state index contributed by atoms with van der Waals surface area (Å²) < 4.78 is 0. The van der Waals surface area contributed by atoms with E-state index in [2.05, 4.69) is 37.6 Å². The topological polar surface area (TPSA) is 0 Å². The SMILES string of the molecule is CC1C[C]C2C=CC=CC21. The molecule has 0 nitrogen and oxygen atoms in total. The predicted octanol–water partition coefficient (Wildman–Crippen LogP) is 2.47. The molecule has 2 aliphatic carbocycles. The molecular formula is C10H12. The molecule has 0 N–H and O–H groups in total. The van der Waals surface area contributed by atoms with E-state index < -0.39 is 0 Å². The van der Waals surface area contributed by atoms with Gasteiger partial charge >= 0.3 is 0 Å². The first-order valence-corrected chi connectivity index (χ1v) is 3.96. The van der Waals surface area contributed by atoms with Gasteiger partial charge in [-0.15, -0.1) is 0 Å². The highest BCUT2D eigenvalue weighted by atomic mass is 14.3. The lowest BCUT2D eigenvalue weighted by atomic mass is 9.87. The molecule has 0 saturated heterocycles. The van der Waals surface area contributed by atoms with E-state index in [1.165, 1.54) is 6.42 Å². The van der Waals surface area contributed by atoms with Gasteiger partial charge in [-0.2, -0.15) is 0 Å². The lowest BCUT2D eigenvalue weighted by Crippen LogP contribution is -2.09. The van der Waals surface area contributed by atoms with Crippen molar-refractivity contribution in [3.05, 3.63) is 30.7 Å². The van der Waals surface area contributed by atoms with Crippen LogP contribution in [0, 0.1) is 24.2 Å². The van der Waals surface area contributed by atoms with Crippen LogP contribution in [0.1, 0.15) is 13.3 Å². The Bertz CT molecular complexity index is 176. The first-order valence-electron chi connectivity index (χ1n) is 3.96. The molecule has 52 valence electrons. The van der Waals surface area contributed by atoms with Crippen LogP contribution in [0.2, 0.25) is 0 Å². The Kier molecular flexibility index (Phi) is 1.40. The molecule has 2 rings (SSSR count). The molecule has 0 spiro atoms. The van der Waals surface area contributed by atoms with E-state index in [0.717, 1.165) is 11.8 Å². The molecule has 0 heterocycles. The van der Waals surface area contributed by atoms with Gasteiger partial charge in [-0.05, 0) is 30.6 Å². The van der Waals surface area contributed by atoms with Gasteiger partial charge in [0.15, 0.2) is 0 Å². The van der Waals surface area contributed by atoms with Gasteiger partial charge in [0.05, 0.1) is 0 Å². The summed E-state index contributed by atoms with van der Waals surface area (Å²) in [5, 5.41) is 0. The van der Waals surface area contributed by atoms with Gasteiger partial charge in [-0.1, -0.05) is 31.2 Å². The van der Waals surface area contributed by atoms with Crippen LogP contribution in [0.3, 0.4) is 0 Å². The van der Waals surface area contributed by atoms with Crippen molar-refractivity contribution in [3.8, 4) is 0 Å². The standard InChI is InChI=1S/C10H12/c1-8-6-7-9-4-2-3-5-10(8)9/h2-5,8-10H,6H2,1H3. The van der Waals surface area contributed by atoms with Crippen molar-refractivity contribution in [2.24, 2.45) is 17.8 Å². The summed E-state index contributed by atoms with van der Waals surface area (Å²) in [5.74, 6) is 2.19. The summed E-state index contributed by atoms with van der Waals surface area (Å²) >= 11 is 0. The third-order valence-electron chi connectivity index (χ3n) is 2.51. The van der Waals surface area contributed by atoms with E-state index in [9.17, 15) is 0 Å². The zero-order chi connectivity index (χ0) is 6.97. The number of fused-ring (bicyclic) bond motifs is 1. The molecular weight excluding hydrogens is 120 g/mol. The number of allylic oxidation sites excluding steroid dienone is 4. The molecule has 0 aliphatic heterocycles. The Morgan fingerprint density at radius 1 is 1.30 bits per heavy atom. The zero-order valence-corrected chi connectivity index (χ0v) is 6.25. The highest BCUT2D eigenvalue weighted by molar-refractivity contribution is 5.20. The predicted molar refractivity (Wildman–Crippen MR) is 42.3 cm³/mol. The van der Waals surface area contributed by atoms with E-state index in [1.807, 2.05) is 0 Å². The van der Waals surface area contributed by atoms with Gasteiger partial charge in [-0.3, -0.25) is 0 Å². The molecule has 10 heavy (non-hydrogen) atoms. The lowest BCUT2D eigenvalue weighted by Gasteiger charge is -2.17. The van der Waals surface area contributed by atoms with Gasteiger partial charge in [0, 0.05) is 0 Å². The molecule has 3 unspecified atom stereocenters. The van der Waals surface area contributed by atoms with Crippen LogP contribution < -0.4 is 0 Å². The zero-order valence-electron chi connectivity index (χ0n) is 6.25. The second-order valence-electron chi connectivity index (χ2n) is 3.26. The summed E-state index contributed by atoms with van der Waals surface area (Å²) in [6, 6.07) is 0. The minimum Gasteiger partial charge on any atom is -0.0806 e. The van der Waals surface area contributed by atoms with E-state index in [1.54, 1.807) is 0 Å². The maximum absolute atomic E-state index is 3.47. The second-order valence-corrected chi connectivity index (χ2v) is 3.26. The average molecular weight is 132 g/mol. The van der Waals surface area contributed by atoms with Crippen LogP contribution in [0.4, 0.5) is 0 Å². The Morgan fingerprint density at radius 3 is 2.90 bits per heavy atom.